The molecule has 0 bridgehead atoms. The maximum Gasteiger partial charge on any atom is 0.547 e. The smallest absolute Gasteiger partial charge is 0.534 e. The van der Waals surface area contributed by atoms with E-state index in [1.54, 1.807) is 6.07 Å². The number of rotatable bonds is 5. The van der Waals surface area contributed by atoms with Crippen LogP contribution in [-0.4, -0.2) is 91.9 Å². The lowest BCUT2D eigenvalue weighted by Crippen LogP contribution is -2.62. The van der Waals surface area contributed by atoms with Crippen molar-refractivity contribution in [3.63, 3.8) is 0 Å². The van der Waals surface area contributed by atoms with Gasteiger partial charge in [0.2, 0.25) is 5.91 Å². The number of carbonyl (C=O) groups excluding carboxylic acids is 4. The third-order valence-corrected chi connectivity index (χ3v) is 7.04. The van der Waals surface area contributed by atoms with Crippen LogP contribution in [0.15, 0.2) is 30.5 Å². The van der Waals surface area contributed by atoms with Gasteiger partial charge in [0, 0.05) is 12.6 Å². The number of halogens is 1. The minimum atomic E-state index is -1.86. The first-order valence-electron chi connectivity index (χ1n) is 12.3. The van der Waals surface area contributed by atoms with E-state index in [-0.39, 0.29) is 30.3 Å². The van der Waals surface area contributed by atoms with Gasteiger partial charge in [-0.3, -0.25) is 24.3 Å². The number of urea groups is 1. The van der Waals surface area contributed by atoms with Crippen LogP contribution >= 0.6 is 0 Å². The molecule has 3 aliphatic rings. The highest BCUT2D eigenvalue weighted by molar-refractivity contribution is 6.47. The van der Waals surface area contributed by atoms with Gasteiger partial charge in [0.05, 0.1) is 30.3 Å². The molecule has 5 rings (SSSR count). The number of benzene rings is 1. The molecule has 2 fully saturated rings. The van der Waals surface area contributed by atoms with Crippen LogP contribution in [0.2, 0.25) is 0 Å². The molecule has 0 saturated carbocycles. The molecule has 16 heteroatoms. The number of carboxylic acids is 1. The molecule has 1 aromatic carbocycles. The molecule has 3 aliphatic heterocycles. The Bertz CT molecular complexity index is 1430. The van der Waals surface area contributed by atoms with E-state index in [0.717, 1.165) is 6.20 Å². The van der Waals surface area contributed by atoms with E-state index >= 15 is 0 Å². The van der Waals surface area contributed by atoms with Crippen LogP contribution in [0.3, 0.4) is 0 Å². The quantitative estimate of drug-likeness (QED) is 0.233. The van der Waals surface area contributed by atoms with Gasteiger partial charge in [-0.2, -0.15) is 0 Å². The van der Waals surface area contributed by atoms with Crippen molar-refractivity contribution in [2.45, 2.75) is 37.3 Å². The number of aromatic nitrogens is 1. The number of carbonyl (C=O) groups is 5. The lowest BCUT2D eigenvalue weighted by molar-refractivity contribution is -0.155. The van der Waals surface area contributed by atoms with Crippen molar-refractivity contribution in [2.24, 2.45) is 0 Å². The van der Waals surface area contributed by atoms with Crippen LogP contribution in [-0.2, 0) is 20.8 Å². The summed E-state index contributed by atoms with van der Waals surface area (Å²) in [5.41, 5.74) is -0.436. The number of hydrogen-bond donors (Lipinski definition) is 5. The van der Waals surface area contributed by atoms with Crippen LogP contribution in [0.5, 0.6) is 11.5 Å². The van der Waals surface area contributed by atoms with Gasteiger partial charge in [0.1, 0.15) is 17.2 Å². The van der Waals surface area contributed by atoms with Crippen LogP contribution in [0, 0.1) is 5.82 Å². The number of nitrogens with zero attached hydrogens (tertiary/aromatic N) is 3. The largest absolute Gasteiger partial charge is 0.547 e. The van der Waals surface area contributed by atoms with Crippen LogP contribution in [0.25, 0.3) is 0 Å². The van der Waals surface area contributed by atoms with E-state index in [2.05, 4.69) is 15.6 Å². The Hall–Kier alpha value is -4.73. The highest BCUT2D eigenvalue weighted by atomic mass is 19.1. The van der Waals surface area contributed by atoms with E-state index in [9.17, 15) is 43.6 Å². The van der Waals surface area contributed by atoms with Crippen molar-refractivity contribution in [1.82, 2.24) is 25.4 Å². The number of amides is 5. The molecule has 5 amide bonds. The summed E-state index contributed by atoms with van der Waals surface area (Å²) in [6, 6.07) is 1.57. The van der Waals surface area contributed by atoms with Gasteiger partial charge in [-0.25, -0.2) is 14.0 Å². The van der Waals surface area contributed by atoms with Gasteiger partial charge in [0.15, 0.2) is 11.9 Å². The molecule has 2 saturated heterocycles. The molecule has 0 aliphatic carbocycles. The van der Waals surface area contributed by atoms with Gasteiger partial charge in [-0.1, -0.05) is 12.1 Å². The predicted molar refractivity (Wildman–Crippen MR) is 131 cm³/mol. The Morgan fingerprint density at radius 3 is 2.73 bits per heavy atom. The predicted octanol–water partition coefficient (Wildman–Crippen LogP) is -0.652. The zero-order chi connectivity index (χ0) is 28.7. The molecule has 0 radical (unpaired) electrons. The highest BCUT2D eigenvalue weighted by Crippen LogP contribution is 2.31. The minimum Gasteiger partial charge on any atom is -0.534 e. The Balaban J connectivity index is 1.39. The van der Waals surface area contributed by atoms with Gasteiger partial charge < -0.3 is 35.4 Å². The molecule has 2 aromatic rings. The first kappa shape index (κ1) is 26.9. The molecule has 3 atom stereocenters. The summed E-state index contributed by atoms with van der Waals surface area (Å²) in [5.74, 6) is -7.24. The number of fused-ring (bicyclic) bond motifs is 2. The van der Waals surface area contributed by atoms with Crippen molar-refractivity contribution in [2.75, 3.05) is 13.1 Å². The van der Waals surface area contributed by atoms with Gasteiger partial charge in [0.25, 0.3) is 0 Å². The molecule has 40 heavy (non-hydrogen) atoms. The highest BCUT2D eigenvalue weighted by Gasteiger charge is 2.45. The lowest BCUT2D eigenvalue weighted by atomic mass is 9.72. The van der Waals surface area contributed by atoms with Crippen LogP contribution < -0.4 is 15.3 Å². The first-order valence-corrected chi connectivity index (χ1v) is 12.3. The SMILES string of the molecule is O=C(O)c1cccc2c1OB(O)[C@@H](NC(=O)C(NC(=O)N1C[C@@H]3CCCN3C(=O)C1=O)c1ncc(O)cc1F)C2. The monoisotopic (exact) mass is 555 g/mol. The minimum absolute atomic E-state index is 0.0710. The molecule has 208 valence electrons. The van der Waals surface area contributed by atoms with E-state index in [1.165, 1.54) is 17.0 Å². The number of aromatic carboxylic acids is 1. The summed E-state index contributed by atoms with van der Waals surface area (Å²) in [5, 5.41) is 34.1. The molecule has 1 unspecified atom stereocenters. The zero-order valence-electron chi connectivity index (χ0n) is 20.7. The first-order chi connectivity index (χ1) is 19.0. The summed E-state index contributed by atoms with van der Waals surface area (Å²) in [6.45, 7) is 0.273. The average Bonchev–Trinajstić information content (AvgIpc) is 3.38. The van der Waals surface area contributed by atoms with Crippen molar-refractivity contribution >= 4 is 36.8 Å². The summed E-state index contributed by atoms with van der Waals surface area (Å²) in [4.78, 5) is 68.9. The second-order valence-electron chi connectivity index (χ2n) is 9.58. The molecule has 0 spiro atoms. The van der Waals surface area contributed by atoms with E-state index in [1.807, 2.05) is 0 Å². The van der Waals surface area contributed by atoms with E-state index in [4.69, 9.17) is 4.65 Å². The molecule has 5 N–H and O–H groups in total. The molecular formula is C24H23BFN5O9. The average molecular weight is 555 g/mol. The fourth-order valence-corrected chi connectivity index (χ4v) is 5.09. The van der Waals surface area contributed by atoms with E-state index in [0.29, 0.717) is 35.9 Å². The normalized spacial score (nSPS) is 20.8. The van der Waals surface area contributed by atoms with Crippen molar-refractivity contribution in [3.8, 4) is 11.5 Å². The Morgan fingerprint density at radius 1 is 1.23 bits per heavy atom. The summed E-state index contributed by atoms with van der Waals surface area (Å²) >= 11 is 0. The second-order valence-corrected chi connectivity index (χ2v) is 9.58. The van der Waals surface area contributed by atoms with E-state index < -0.39 is 66.1 Å². The maximum atomic E-state index is 14.8. The number of imide groups is 1. The Labute approximate surface area is 225 Å². The number of pyridine rings is 1. The van der Waals surface area contributed by atoms with Crippen LogP contribution in [0.1, 0.15) is 40.5 Å². The number of nitrogens with one attached hydrogen (secondary N) is 2. The number of para-hydroxylation sites is 1. The third kappa shape index (κ3) is 4.88. The van der Waals surface area contributed by atoms with Crippen LogP contribution in [0.4, 0.5) is 9.18 Å². The maximum absolute atomic E-state index is 14.8. The Morgan fingerprint density at radius 2 is 2.00 bits per heavy atom. The van der Waals surface area contributed by atoms with Gasteiger partial charge in [-0.05, 0) is 30.9 Å². The van der Waals surface area contributed by atoms with Gasteiger partial charge >= 0.3 is 30.9 Å². The molecular weight excluding hydrogens is 532 g/mol. The Kier molecular flexibility index (Phi) is 7.02. The van der Waals surface area contributed by atoms with Crippen molar-refractivity contribution < 1.29 is 48.3 Å². The second kappa shape index (κ2) is 10.4. The van der Waals surface area contributed by atoms with Crippen molar-refractivity contribution in [1.29, 1.82) is 0 Å². The topological polar surface area (TPSA) is 199 Å². The molecule has 14 nitrogen and oxygen atoms in total. The fraction of sp³-hybridized carbons (Fsp3) is 0.333. The summed E-state index contributed by atoms with van der Waals surface area (Å²) in [6.07, 6.45) is 2.01. The molecule has 1 aromatic heterocycles. The summed E-state index contributed by atoms with van der Waals surface area (Å²) in [7, 11) is -1.71. The number of piperazine rings is 1. The van der Waals surface area contributed by atoms with Gasteiger partial charge in [-0.15, -0.1) is 0 Å². The zero-order valence-corrected chi connectivity index (χ0v) is 20.7. The number of aromatic hydroxyl groups is 1. The van der Waals surface area contributed by atoms with Crippen molar-refractivity contribution in [3.05, 3.63) is 53.1 Å². The molecule has 4 heterocycles. The third-order valence-electron chi connectivity index (χ3n) is 7.04. The lowest BCUT2D eigenvalue weighted by Gasteiger charge is -2.36. The number of hydrogen-bond acceptors (Lipinski definition) is 9. The number of carboxylic acid groups (broad SMARTS) is 1. The standard InChI is InChI=1S/C24H23BFN5O9/c26-15-8-13(32)9-27-17(15)18(29-24(38)31-10-12-4-2-6-30(12)21(34)22(31)35)20(33)28-16-7-11-3-1-5-14(23(36)37)19(11)40-25(16)39/h1,3,5,8-9,12,16,18,32,39H,2,4,6-7,10H2,(H,28,33)(H,29,38)(H,36,37)/t12-,16-,18?/m0/s1. The fourth-order valence-electron chi connectivity index (χ4n) is 5.09. The summed E-state index contributed by atoms with van der Waals surface area (Å²) < 4.78 is 20.2.